The van der Waals surface area contributed by atoms with Gasteiger partial charge in [-0.3, -0.25) is 4.90 Å². The highest BCUT2D eigenvalue weighted by molar-refractivity contribution is 6.03. The Balaban J connectivity index is 2.32. The van der Waals surface area contributed by atoms with Gasteiger partial charge in [0.2, 0.25) is 0 Å². The zero-order valence-electron chi connectivity index (χ0n) is 12.2. The largest absolute Gasteiger partial charge is 0.494 e. The zero-order chi connectivity index (χ0) is 15.4. The molecule has 110 valence electrons. The van der Waals surface area contributed by atoms with Gasteiger partial charge in [-0.05, 0) is 31.0 Å². The molecule has 2 N–H and O–H groups in total. The van der Waals surface area contributed by atoms with E-state index >= 15 is 0 Å². The molecule has 5 heteroatoms. The standard InChI is InChI=1S/C16H19N3O2/c1-4-9-21-13-8-6-7-12(10-13)14-15(17)18-16(20)19(14)11(3)5-2/h2,6-8,10-11,14H,4,9H2,1,3H3,(H2,17,18,20). The minimum atomic E-state index is -0.436. The van der Waals surface area contributed by atoms with Gasteiger partial charge in [0, 0.05) is 0 Å². The van der Waals surface area contributed by atoms with Crippen molar-refractivity contribution in [2.45, 2.75) is 32.4 Å². The molecule has 0 aliphatic carbocycles. The summed E-state index contributed by atoms with van der Waals surface area (Å²) < 4.78 is 5.62. The number of amides is 2. The fourth-order valence-electron chi connectivity index (χ4n) is 2.28. The van der Waals surface area contributed by atoms with Crippen LogP contribution in [0.2, 0.25) is 0 Å². The highest BCUT2D eigenvalue weighted by Crippen LogP contribution is 2.30. The van der Waals surface area contributed by atoms with Gasteiger partial charge in [-0.2, -0.15) is 4.99 Å². The molecule has 21 heavy (non-hydrogen) atoms. The molecule has 1 aliphatic heterocycles. The molecule has 1 aromatic rings. The predicted octanol–water partition coefficient (Wildman–Crippen LogP) is 2.33. The summed E-state index contributed by atoms with van der Waals surface area (Å²) in [6.07, 6.45) is 6.36. The van der Waals surface area contributed by atoms with Crippen LogP contribution in [0, 0.1) is 12.3 Å². The lowest BCUT2D eigenvalue weighted by atomic mass is 10.0. The SMILES string of the molecule is C#CC(C)N1C(=O)N=C(N)C1c1cccc(OCCC)c1. The van der Waals surface area contributed by atoms with Crippen LogP contribution in [0.1, 0.15) is 31.9 Å². The van der Waals surface area contributed by atoms with Gasteiger partial charge >= 0.3 is 6.03 Å². The number of benzene rings is 1. The maximum absolute atomic E-state index is 12.0. The van der Waals surface area contributed by atoms with Crippen molar-refractivity contribution in [3.05, 3.63) is 29.8 Å². The average molecular weight is 285 g/mol. The fourth-order valence-corrected chi connectivity index (χ4v) is 2.28. The molecule has 0 spiro atoms. The van der Waals surface area contributed by atoms with E-state index in [9.17, 15) is 4.79 Å². The molecule has 2 amide bonds. The smallest absolute Gasteiger partial charge is 0.347 e. The van der Waals surface area contributed by atoms with Crippen LogP contribution < -0.4 is 10.5 Å². The first-order valence-electron chi connectivity index (χ1n) is 6.93. The van der Waals surface area contributed by atoms with Crippen LogP contribution in [0.15, 0.2) is 29.3 Å². The molecule has 1 aliphatic rings. The summed E-state index contributed by atoms with van der Waals surface area (Å²) in [5, 5.41) is 0. The Bertz CT molecular complexity index is 604. The molecule has 2 atom stereocenters. The summed E-state index contributed by atoms with van der Waals surface area (Å²) >= 11 is 0. The number of carbonyl (C=O) groups is 1. The topological polar surface area (TPSA) is 67.9 Å². The van der Waals surface area contributed by atoms with E-state index in [1.807, 2.05) is 31.2 Å². The number of hydrogen-bond acceptors (Lipinski definition) is 3. The number of carbonyl (C=O) groups excluding carboxylic acids is 1. The van der Waals surface area contributed by atoms with E-state index in [0.29, 0.717) is 6.61 Å². The summed E-state index contributed by atoms with van der Waals surface area (Å²) in [7, 11) is 0. The van der Waals surface area contributed by atoms with Crippen LogP contribution in [0.3, 0.4) is 0 Å². The van der Waals surface area contributed by atoms with Crippen LogP contribution in [-0.2, 0) is 0 Å². The quantitative estimate of drug-likeness (QED) is 0.844. The first-order valence-corrected chi connectivity index (χ1v) is 6.93. The van der Waals surface area contributed by atoms with Crippen molar-refractivity contribution in [3.8, 4) is 18.1 Å². The van der Waals surface area contributed by atoms with Crippen molar-refractivity contribution in [2.75, 3.05) is 6.61 Å². The highest BCUT2D eigenvalue weighted by atomic mass is 16.5. The summed E-state index contributed by atoms with van der Waals surface area (Å²) in [5.74, 6) is 3.56. The number of terminal acetylenes is 1. The molecule has 2 rings (SSSR count). The number of ether oxygens (including phenoxy) is 1. The molecule has 1 heterocycles. The average Bonchev–Trinajstić information content (AvgIpc) is 2.79. The second kappa shape index (κ2) is 6.31. The number of hydrogen-bond donors (Lipinski definition) is 1. The third-order valence-corrected chi connectivity index (χ3v) is 3.31. The molecule has 0 saturated carbocycles. The maximum Gasteiger partial charge on any atom is 0.347 e. The Morgan fingerprint density at radius 3 is 3.00 bits per heavy atom. The molecule has 0 bridgehead atoms. The van der Waals surface area contributed by atoms with Gasteiger partial charge in [0.05, 0.1) is 12.6 Å². The first kappa shape index (κ1) is 14.9. The lowest BCUT2D eigenvalue weighted by molar-refractivity contribution is 0.199. The predicted molar refractivity (Wildman–Crippen MR) is 82.1 cm³/mol. The number of nitrogens with two attached hydrogens (primary N) is 1. The minimum absolute atomic E-state index is 0.259. The van der Waals surface area contributed by atoms with Crippen LogP contribution >= 0.6 is 0 Å². The molecule has 0 fully saturated rings. The van der Waals surface area contributed by atoms with Crippen molar-refractivity contribution >= 4 is 11.9 Å². The number of nitrogens with zero attached hydrogens (tertiary/aromatic N) is 2. The maximum atomic E-state index is 12.0. The summed E-state index contributed by atoms with van der Waals surface area (Å²) in [6.45, 7) is 4.46. The van der Waals surface area contributed by atoms with Gasteiger partial charge in [-0.1, -0.05) is 25.0 Å². The summed E-state index contributed by atoms with van der Waals surface area (Å²) in [5.41, 5.74) is 6.76. The second-order valence-electron chi connectivity index (χ2n) is 4.89. The third kappa shape index (κ3) is 3.00. The Morgan fingerprint density at radius 1 is 1.57 bits per heavy atom. The number of urea groups is 1. The summed E-state index contributed by atoms with van der Waals surface area (Å²) in [6, 6.07) is 6.29. The Kier molecular flexibility index (Phi) is 4.49. The van der Waals surface area contributed by atoms with E-state index in [2.05, 4.69) is 10.9 Å². The van der Waals surface area contributed by atoms with Gasteiger partial charge < -0.3 is 10.5 Å². The molecule has 0 saturated heterocycles. The van der Waals surface area contributed by atoms with Gasteiger partial charge in [-0.25, -0.2) is 4.79 Å². The molecule has 1 aromatic carbocycles. The molecule has 5 nitrogen and oxygen atoms in total. The van der Waals surface area contributed by atoms with Crippen molar-refractivity contribution in [1.29, 1.82) is 0 Å². The van der Waals surface area contributed by atoms with Crippen LogP contribution in [-0.4, -0.2) is 29.4 Å². The van der Waals surface area contributed by atoms with Gasteiger partial charge in [0.1, 0.15) is 17.6 Å². The van der Waals surface area contributed by atoms with Crippen LogP contribution in [0.25, 0.3) is 0 Å². The zero-order valence-corrected chi connectivity index (χ0v) is 12.2. The lowest BCUT2D eigenvalue weighted by Gasteiger charge is -2.27. The molecule has 0 aromatic heterocycles. The highest BCUT2D eigenvalue weighted by Gasteiger charge is 2.37. The number of amidine groups is 1. The van der Waals surface area contributed by atoms with Crippen molar-refractivity contribution in [2.24, 2.45) is 10.7 Å². The second-order valence-corrected chi connectivity index (χ2v) is 4.89. The Hall–Kier alpha value is -2.48. The third-order valence-electron chi connectivity index (χ3n) is 3.31. The molecular formula is C16H19N3O2. The summed E-state index contributed by atoms with van der Waals surface area (Å²) in [4.78, 5) is 17.3. The van der Waals surface area contributed by atoms with Crippen molar-refractivity contribution in [1.82, 2.24) is 4.90 Å². The van der Waals surface area contributed by atoms with E-state index in [-0.39, 0.29) is 11.9 Å². The van der Waals surface area contributed by atoms with Gasteiger partial charge in [0.25, 0.3) is 0 Å². The number of aliphatic imine (C=N–C) groups is 1. The van der Waals surface area contributed by atoms with Crippen LogP contribution in [0.4, 0.5) is 4.79 Å². The normalized spacial score (nSPS) is 19.1. The molecule has 0 radical (unpaired) electrons. The Morgan fingerprint density at radius 2 is 2.33 bits per heavy atom. The Labute approximate surface area is 124 Å². The van der Waals surface area contributed by atoms with Crippen molar-refractivity contribution < 1.29 is 9.53 Å². The first-order chi connectivity index (χ1) is 10.1. The van der Waals surface area contributed by atoms with E-state index < -0.39 is 12.1 Å². The van der Waals surface area contributed by atoms with Gasteiger partial charge in [-0.15, -0.1) is 6.42 Å². The van der Waals surface area contributed by atoms with E-state index in [0.717, 1.165) is 17.7 Å². The van der Waals surface area contributed by atoms with Gasteiger partial charge in [0.15, 0.2) is 0 Å². The minimum Gasteiger partial charge on any atom is -0.494 e. The number of rotatable bonds is 5. The fraction of sp³-hybridized carbons (Fsp3) is 0.375. The van der Waals surface area contributed by atoms with E-state index in [1.54, 1.807) is 6.92 Å². The van der Waals surface area contributed by atoms with Crippen molar-refractivity contribution in [3.63, 3.8) is 0 Å². The molecule has 2 unspecified atom stereocenters. The monoisotopic (exact) mass is 285 g/mol. The van der Waals surface area contributed by atoms with Crippen LogP contribution in [0.5, 0.6) is 5.75 Å². The lowest BCUT2D eigenvalue weighted by Crippen LogP contribution is -2.38. The molecular weight excluding hydrogens is 266 g/mol. The van der Waals surface area contributed by atoms with E-state index in [4.69, 9.17) is 16.9 Å². The van der Waals surface area contributed by atoms with E-state index in [1.165, 1.54) is 4.90 Å².